The smallest absolute Gasteiger partial charge is 0.293 e. The molecule has 1 aromatic carbocycles. The van der Waals surface area contributed by atoms with Crippen molar-refractivity contribution in [1.29, 1.82) is 0 Å². The largest absolute Gasteiger partial charge is 0.494 e. The number of hydrazone groups is 1. The normalized spacial score (nSPS) is 11.0. The predicted molar refractivity (Wildman–Crippen MR) is 95.7 cm³/mol. The molecule has 1 amide bonds. The summed E-state index contributed by atoms with van der Waals surface area (Å²) < 4.78 is 11.3. The zero-order valence-electron chi connectivity index (χ0n) is 14.8. The van der Waals surface area contributed by atoms with Crippen LogP contribution in [0.4, 0.5) is 5.82 Å². The minimum absolute atomic E-state index is 0.0411. The molecule has 0 aliphatic heterocycles. The van der Waals surface area contributed by atoms with Gasteiger partial charge >= 0.3 is 0 Å². The molecule has 140 valence electrons. The molecule has 3 rings (SSSR count). The van der Waals surface area contributed by atoms with Crippen molar-refractivity contribution < 1.29 is 14.2 Å². The molecule has 2 heterocycles. The Bertz CT molecular complexity index is 945. The Morgan fingerprint density at radius 1 is 1.37 bits per heavy atom. The molecule has 0 bridgehead atoms. The van der Waals surface area contributed by atoms with Gasteiger partial charge in [-0.3, -0.25) is 4.79 Å². The first-order valence-corrected chi connectivity index (χ1v) is 8.17. The van der Waals surface area contributed by atoms with Gasteiger partial charge in [0, 0.05) is 0 Å². The molecule has 0 radical (unpaired) electrons. The van der Waals surface area contributed by atoms with Gasteiger partial charge in [-0.05, 0) is 53.5 Å². The zero-order valence-corrected chi connectivity index (χ0v) is 14.8. The van der Waals surface area contributed by atoms with E-state index < -0.39 is 5.91 Å². The summed E-state index contributed by atoms with van der Waals surface area (Å²) >= 11 is 0. The van der Waals surface area contributed by atoms with Crippen molar-refractivity contribution in [1.82, 2.24) is 30.7 Å². The second-order valence-corrected chi connectivity index (χ2v) is 5.52. The highest BCUT2D eigenvalue weighted by atomic mass is 16.6. The molecule has 0 fully saturated rings. The second-order valence-electron chi connectivity index (χ2n) is 5.52. The summed E-state index contributed by atoms with van der Waals surface area (Å²) in [4.78, 5) is 12.2. The molecule has 0 unspecified atom stereocenters. The van der Waals surface area contributed by atoms with Crippen LogP contribution in [-0.2, 0) is 0 Å². The van der Waals surface area contributed by atoms with E-state index in [1.807, 2.05) is 31.2 Å². The number of rotatable bonds is 7. The van der Waals surface area contributed by atoms with Crippen molar-refractivity contribution in [3.8, 4) is 11.6 Å². The van der Waals surface area contributed by atoms with Gasteiger partial charge in [-0.1, -0.05) is 12.1 Å². The van der Waals surface area contributed by atoms with E-state index in [1.54, 1.807) is 6.92 Å². The molecule has 0 spiro atoms. The van der Waals surface area contributed by atoms with Gasteiger partial charge in [0.25, 0.3) is 5.91 Å². The Labute approximate surface area is 154 Å². The molecule has 2 aromatic heterocycles. The van der Waals surface area contributed by atoms with Crippen LogP contribution in [-0.4, -0.2) is 44.0 Å². The van der Waals surface area contributed by atoms with Gasteiger partial charge < -0.3 is 10.5 Å². The Morgan fingerprint density at radius 2 is 2.15 bits per heavy atom. The van der Waals surface area contributed by atoms with E-state index in [2.05, 4.69) is 35.8 Å². The number of hydrogen-bond acceptors (Lipinski definition) is 9. The average Bonchev–Trinajstić information content (AvgIpc) is 3.26. The van der Waals surface area contributed by atoms with E-state index in [-0.39, 0.29) is 17.3 Å². The third kappa shape index (κ3) is 4.08. The third-order valence-electron chi connectivity index (χ3n) is 3.54. The van der Waals surface area contributed by atoms with Crippen molar-refractivity contribution in [3.63, 3.8) is 0 Å². The molecule has 3 N–H and O–H groups in total. The SMILES string of the molecule is CCCOc1ccc(/C=N/NC(=O)c2nnn(-c3nonc3N)c2C)cc1. The number of amides is 1. The summed E-state index contributed by atoms with van der Waals surface area (Å²) in [5.74, 6) is 0.465. The Morgan fingerprint density at radius 3 is 2.81 bits per heavy atom. The number of carbonyl (C=O) groups is 1. The quantitative estimate of drug-likeness (QED) is 0.464. The lowest BCUT2D eigenvalue weighted by Crippen LogP contribution is -2.19. The lowest BCUT2D eigenvalue weighted by molar-refractivity contribution is 0.0949. The van der Waals surface area contributed by atoms with Crippen molar-refractivity contribution in [2.45, 2.75) is 20.3 Å². The van der Waals surface area contributed by atoms with Crippen molar-refractivity contribution >= 4 is 17.9 Å². The molecule has 0 aliphatic carbocycles. The Kier molecular flexibility index (Phi) is 5.40. The number of aromatic nitrogens is 5. The predicted octanol–water partition coefficient (Wildman–Crippen LogP) is 1.09. The van der Waals surface area contributed by atoms with E-state index in [4.69, 9.17) is 10.5 Å². The number of anilines is 1. The van der Waals surface area contributed by atoms with Gasteiger partial charge in [0.15, 0.2) is 5.69 Å². The minimum atomic E-state index is -0.520. The maximum atomic E-state index is 12.2. The van der Waals surface area contributed by atoms with Crippen molar-refractivity contribution in [2.75, 3.05) is 12.3 Å². The van der Waals surface area contributed by atoms with E-state index >= 15 is 0 Å². The lowest BCUT2D eigenvalue weighted by Gasteiger charge is -2.03. The van der Waals surface area contributed by atoms with Gasteiger partial charge in [0.2, 0.25) is 11.6 Å². The van der Waals surface area contributed by atoms with Gasteiger partial charge in [0.05, 0.1) is 18.5 Å². The molecule has 0 saturated heterocycles. The van der Waals surface area contributed by atoms with Crippen LogP contribution < -0.4 is 15.9 Å². The van der Waals surface area contributed by atoms with Crippen molar-refractivity contribution in [2.24, 2.45) is 5.10 Å². The number of ether oxygens (including phenoxy) is 1. The second kappa shape index (κ2) is 8.08. The van der Waals surface area contributed by atoms with E-state index in [1.165, 1.54) is 10.9 Å². The molecule has 11 nitrogen and oxygen atoms in total. The van der Waals surface area contributed by atoms with Gasteiger partial charge in [-0.15, -0.1) is 5.10 Å². The van der Waals surface area contributed by atoms with Gasteiger partial charge in [-0.25, -0.2) is 10.1 Å². The number of carbonyl (C=O) groups excluding carboxylic acids is 1. The molecule has 0 atom stereocenters. The molecule has 27 heavy (non-hydrogen) atoms. The minimum Gasteiger partial charge on any atom is -0.494 e. The third-order valence-corrected chi connectivity index (χ3v) is 3.54. The van der Waals surface area contributed by atoms with Crippen LogP contribution in [0.2, 0.25) is 0 Å². The van der Waals surface area contributed by atoms with Crippen LogP contribution in [0.25, 0.3) is 5.82 Å². The summed E-state index contributed by atoms with van der Waals surface area (Å²) in [6.45, 7) is 4.35. The summed E-state index contributed by atoms with van der Waals surface area (Å²) in [5.41, 5.74) is 9.33. The van der Waals surface area contributed by atoms with Crippen LogP contribution in [0.1, 0.15) is 35.1 Å². The first-order chi connectivity index (χ1) is 13.1. The van der Waals surface area contributed by atoms with Crippen molar-refractivity contribution in [3.05, 3.63) is 41.2 Å². The van der Waals surface area contributed by atoms with Gasteiger partial charge in [0.1, 0.15) is 5.75 Å². The number of nitrogens with zero attached hydrogens (tertiary/aromatic N) is 6. The fourth-order valence-corrected chi connectivity index (χ4v) is 2.17. The average molecular weight is 370 g/mol. The van der Waals surface area contributed by atoms with E-state index in [9.17, 15) is 4.79 Å². The van der Waals surface area contributed by atoms with Crippen LogP contribution in [0.5, 0.6) is 5.75 Å². The topological polar surface area (TPSA) is 146 Å². The summed E-state index contributed by atoms with van der Waals surface area (Å²) in [5, 5.41) is 18.7. The fraction of sp³-hybridized carbons (Fsp3) is 0.250. The summed E-state index contributed by atoms with van der Waals surface area (Å²) in [7, 11) is 0. The van der Waals surface area contributed by atoms with Crippen LogP contribution in [0.15, 0.2) is 34.0 Å². The standard InChI is InChI=1S/C16H18N8O3/c1-3-8-26-12-6-4-11(5-7-12)9-18-20-16(25)13-10(2)24(23-19-13)15-14(17)21-27-22-15/h4-7,9H,3,8H2,1-2H3,(H2,17,21)(H,20,25)/b18-9+. The monoisotopic (exact) mass is 370 g/mol. The molecular weight excluding hydrogens is 352 g/mol. The zero-order chi connectivity index (χ0) is 19.2. The summed E-state index contributed by atoms with van der Waals surface area (Å²) in [6, 6.07) is 7.35. The van der Waals surface area contributed by atoms with E-state index in [0.717, 1.165) is 17.7 Å². The first kappa shape index (κ1) is 18.0. The first-order valence-electron chi connectivity index (χ1n) is 8.17. The van der Waals surface area contributed by atoms with Crippen LogP contribution in [0.3, 0.4) is 0 Å². The summed E-state index contributed by atoms with van der Waals surface area (Å²) in [6.07, 6.45) is 2.46. The molecule has 11 heteroatoms. The number of nitrogens with one attached hydrogen (secondary N) is 1. The molecule has 0 saturated carbocycles. The maximum Gasteiger partial charge on any atom is 0.293 e. The van der Waals surface area contributed by atoms with E-state index in [0.29, 0.717) is 12.3 Å². The Balaban J connectivity index is 1.63. The highest BCUT2D eigenvalue weighted by Gasteiger charge is 2.20. The number of nitrogen functional groups attached to an aromatic ring is 1. The van der Waals surface area contributed by atoms with Gasteiger partial charge in [-0.2, -0.15) is 9.78 Å². The highest BCUT2D eigenvalue weighted by Crippen LogP contribution is 2.14. The number of nitrogens with two attached hydrogens (primary N) is 1. The Hall–Kier alpha value is -3.76. The number of benzene rings is 1. The number of hydrogen-bond donors (Lipinski definition) is 2. The van der Waals surface area contributed by atoms with Crippen LogP contribution in [0, 0.1) is 6.92 Å². The molecule has 3 aromatic rings. The lowest BCUT2D eigenvalue weighted by atomic mass is 10.2. The maximum absolute atomic E-state index is 12.2. The van der Waals surface area contributed by atoms with Crippen LogP contribution >= 0.6 is 0 Å². The molecule has 0 aliphatic rings. The highest BCUT2D eigenvalue weighted by molar-refractivity contribution is 5.94. The fourth-order valence-electron chi connectivity index (χ4n) is 2.17. The molecular formula is C16H18N8O3.